The van der Waals surface area contributed by atoms with Crippen LogP contribution in [0.25, 0.3) is 16.8 Å². The molecule has 0 saturated carbocycles. The maximum Gasteiger partial charge on any atom is 0.166 e. The van der Waals surface area contributed by atoms with Crippen LogP contribution in [0.5, 0.6) is 0 Å². The van der Waals surface area contributed by atoms with Gasteiger partial charge in [-0.15, -0.1) is 0 Å². The minimum atomic E-state index is -0.0563. The van der Waals surface area contributed by atoms with Gasteiger partial charge < -0.3 is 0 Å². The molecule has 128 valence electrons. The van der Waals surface area contributed by atoms with Crippen LogP contribution < -0.4 is 0 Å². The normalized spacial score (nSPS) is 16.2. The third-order valence-corrected chi connectivity index (χ3v) is 5.03. The number of hydrogen-bond donors (Lipinski definition) is 0. The van der Waals surface area contributed by atoms with Crippen molar-refractivity contribution >= 4 is 23.0 Å². The second-order valence-electron chi connectivity index (χ2n) is 7.50. The summed E-state index contributed by atoms with van der Waals surface area (Å²) >= 11 is 6.19. The zero-order valence-corrected chi connectivity index (χ0v) is 15.4. The summed E-state index contributed by atoms with van der Waals surface area (Å²) in [6.07, 6.45) is 3.99. The van der Waals surface area contributed by atoms with Gasteiger partial charge in [0.15, 0.2) is 11.4 Å². The maximum absolute atomic E-state index is 12.5. The first-order valence-corrected chi connectivity index (χ1v) is 8.96. The summed E-state index contributed by atoms with van der Waals surface area (Å²) in [5.41, 5.74) is 5.29. The SMILES string of the molecule is CCc1nn2cc3c(nc2c1-c1cccc(Cl)c1)CC(C)(C)CC3=O. The molecular weight excluding hydrogens is 334 g/mol. The predicted octanol–water partition coefficient (Wildman–Crippen LogP) is 4.77. The van der Waals surface area contributed by atoms with Crippen molar-refractivity contribution in [3.8, 4) is 11.1 Å². The second-order valence-corrected chi connectivity index (χ2v) is 7.93. The van der Waals surface area contributed by atoms with E-state index in [0.29, 0.717) is 17.0 Å². The standard InChI is InChI=1S/C20H20ClN3O/c1-4-15-18(12-6-5-7-13(21)8-12)19-22-16-9-20(2,3)10-17(25)14(16)11-24(19)23-15/h5-8,11H,4,9-10H2,1-3H3. The lowest BCUT2D eigenvalue weighted by Crippen LogP contribution is -2.28. The van der Waals surface area contributed by atoms with Gasteiger partial charge >= 0.3 is 0 Å². The average Bonchev–Trinajstić information content (AvgIpc) is 2.89. The van der Waals surface area contributed by atoms with Crippen LogP contribution in [0.3, 0.4) is 0 Å². The summed E-state index contributed by atoms with van der Waals surface area (Å²) in [6, 6.07) is 7.76. The lowest BCUT2D eigenvalue weighted by molar-refractivity contribution is 0.0909. The molecule has 0 fully saturated rings. The second kappa shape index (κ2) is 5.67. The molecule has 0 N–H and O–H groups in total. The number of carbonyl (C=O) groups is 1. The first-order chi connectivity index (χ1) is 11.9. The number of aromatic nitrogens is 3. The number of nitrogens with zero attached hydrogens (tertiary/aromatic N) is 3. The van der Waals surface area contributed by atoms with Crippen LogP contribution in [0.1, 0.15) is 48.9 Å². The van der Waals surface area contributed by atoms with Gasteiger partial charge in [-0.25, -0.2) is 9.50 Å². The summed E-state index contributed by atoms with van der Waals surface area (Å²) in [7, 11) is 0. The van der Waals surface area contributed by atoms with Crippen molar-refractivity contribution in [2.45, 2.75) is 40.0 Å². The summed E-state index contributed by atoms with van der Waals surface area (Å²) in [5.74, 6) is 0.151. The molecule has 2 heterocycles. The van der Waals surface area contributed by atoms with E-state index in [4.69, 9.17) is 16.6 Å². The molecule has 0 amide bonds. The quantitative estimate of drug-likeness (QED) is 0.666. The molecule has 0 unspecified atom stereocenters. The van der Waals surface area contributed by atoms with Crippen molar-refractivity contribution in [3.05, 3.63) is 52.4 Å². The van der Waals surface area contributed by atoms with Crippen LogP contribution >= 0.6 is 11.6 Å². The van der Waals surface area contributed by atoms with Crippen LogP contribution in [-0.2, 0) is 12.8 Å². The van der Waals surface area contributed by atoms with Gasteiger partial charge in [0.05, 0.1) is 17.0 Å². The van der Waals surface area contributed by atoms with Crippen molar-refractivity contribution in [1.29, 1.82) is 0 Å². The molecule has 1 aliphatic rings. The fourth-order valence-electron chi connectivity index (χ4n) is 3.65. The molecule has 5 heteroatoms. The molecule has 0 bridgehead atoms. The summed E-state index contributed by atoms with van der Waals surface area (Å²) in [4.78, 5) is 17.4. The Morgan fingerprint density at radius 3 is 2.80 bits per heavy atom. The lowest BCUT2D eigenvalue weighted by atomic mass is 9.76. The first-order valence-electron chi connectivity index (χ1n) is 8.58. The van der Waals surface area contributed by atoms with Gasteiger partial charge in [0, 0.05) is 23.2 Å². The van der Waals surface area contributed by atoms with E-state index >= 15 is 0 Å². The fraction of sp³-hybridized carbons (Fsp3) is 0.350. The minimum absolute atomic E-state index is 0.0563. The third-order valence-electron chi connectivity index (χ3n) is 4.79. The highest BCUT2D eigenvalue weighted by molar-refractivity contribution is 6.30. The minimum Gasteiger partial charge on any atom is -0.294 e. The zero-order chi connectivity index (χ0) is 17.8. The highest BCUT2D eigenvalue weighted by Crippen LogP contribution is 2.36. The van der Waals surface area contributed by atoms with Crippen LogP contribution in [0, 0.1) is 5.41 Å². The molecule has 3 aromatic rings. The number of fused-ring (bicyclic) bond motifs is 2. The summed E-state index contributed by atoms with van der Waals surface area (Å²) in [5, 5.41) is 5.36. The van der Waals surface area contributed by atoms with Crippen LogP contribution in [0.2, 0.25) is 5.02 Å². The van der Waals surface area contributed by atoms with Crippen LogP contribution in [0.15, 0.2) is 30.5 Å². The lowest BCUT2D eigenvalue weighted by Gasteiger charge is -2.29. The first kappa shape index (κ1) is 16.3. The molecule has 25 heavy (non-hydrogen) atoms. The summed E-state index contributed by atoms with van der Waals surface area (Å²) in [6.45, 7) is 6.31. The van der Waals surface area contributed by atoms with Gasteiger partial charge in [0.2, 0.25) is 0 Å². The van der Waals surface area contributed by atoms with E-state index in [1.807, 2.05) is 30.5 Å². The monoisotopic (exact) mass is 353 g/mol. The van der Waals surface area contributed by atoms with E-state index in [0.717, 1.165) is 41.0 Å². The molecule has 4 nitrogen and oxygen atoms in total. The number of aryl methyl sites for hydroxylation is 1. The fourth-order valence-corrected chi connectivity index (χ4v) is 3.84. The van der Waals surface area contributed by atoms with Crippen molar-refractivity contribution < 1.29 is 4.79 Å². The Morgan fingerprint density at radius 2 is 2.08 bits per heavy atom. The van der Waals surface area contributed by atoms with E-state index in [-0.39, 0.29) is 11.2 Å². The molecule has 2 aromatic heterocycles. The Bertz CT molecular complexity index is 1000. The number of hydrogen-bond acceptors (Lipinski definition) is 3. The van der Waals surface area contributed by atoms with Crippen molar-refractivity contribution in [3.63, 3.8) is 0 Å². The largest absolute Gasteiger partial charge is 0.294 e. The number of ketones is 1. The Balaban J connectivity index is 1.99. The van der Waals surface area contributed by atoms with Crippen molar-refractivity contribution in [2.24, 2.45) is 5.41 Å². The van der Waals surface area contributed by atoms with Crippen LogP contribution in [-0.4, -0.2) is 20.4 Å². The number of carbonyl (C=O) groups excluding carboxylic acids is 1. The summed E-state index contributed by atoms with van der Waals surface area (Å²) < 4.78 is 1.75. The van der Waals surface area contributed by atoms with Crippen molar-refractivity contribution in [2.75, 3.05) is 0 Å². The Hall–Kier alpha value is -2.20. The Morgan fingerprint density at radius 1 is 1.28 bits per heavy atom. The van der Waals surface area contributed by atoms with E-state index in [1.165, 1.54) is 0 Å². The number of rotatable bonds is 2. The van der Waals surface area contributed by atoms with Crippen molar-refractivity contribution in [1.82, 2.24) is 14.6 Å². The Labute approximate surface area is 151 Å². The van der Waals surface area contributed by atoms with E-state index in [9.17, 15) is 4.79 Å². The molecule has 0 spiro atoms. The van der Waals surface area contributed by atoms with Gasteiger partial charge in [-0.05, 0) is 36.0 Å². The topological polar surface area (TPSA) is 47.3 Å². The van der Waals surface area contributed by atoms with E-state index < -0.39 is 0 Å². The van der Waals surface area contributed by atoms with Gasteiger partial charge in [0.25, 0.3) is 0 Å². The number of Topliss-reactive ketones (excluding diaryl/α,β-unsaturated/α-hetero) is 1. The predicted molar refractivity (Wildman–Crippen MR) is 99.2 cm³/mol. The van der Waals surface area contributed by atoms with Gasteiger partial charge in [-0.1, -0.05) is 44.5 Å². The van der Waals surface area contributed by atoms with Gasteiger partial charge in [0.1, 0.15) is 0 Å². The molecule has 0 saturated heterocycles. The molecule has 1 aliphatic carbocycles. The Kier molecular flexibility index (Phi) is 3.69. The maximum atomic E-state index is 12.5. The van der Waals surface area contributed by atoms with Gasteiger partial charge in [-0.3, -0.25) is 4.79 Å². The molecule has 0 aliphatic heterocycles. The highest BCUT2D eigenvalue weighted by Gasteiger charge is 2.33. The number of halogens is 1. The highest BCUT2D eigenvalue weighted by atomic mass is 35.5. The molecule has 4 rings (SSSR count). The van der Waals surface area contributed by atoms with Gasteiger partial charge in [-0.2, -0.15) is 5.10 Å². The zero-order valence-electron chi connectivity index (χ0n) is 14.6. The molecule has 0 radical (unpaired) electrons. The molecular formula is C20H20ClN3O. The molecule has 1 aromatic carbocycles. The molecule has 0 atom stereocenters. The smallest absolute Gasteiger partial charge is 0.166 e. The van der Waals surface area contributed by atoms with E-state index in [1.54, 1.807) is 4.52 Å². The number of benzene rings is 1. The van der Waals surface area contributed by atoms with E-state index in [2.05, 4.69) is 25.9 Å². The average molecular weight is 354 g/mol. The van der Waals surface area contributed by atoms with Crippen LogP contribution in [0.4, 0.5) is 0 Å². The third kappa shape index (κ3) is 2.74.